The van der Waals surface area contributed by atoms with E-state index in [1.807, 2.05) is 0 Å². The molecule has 2 rings (SSSR count). The summed E-state index contributed by atoms with van der Waals surface area (Å²) in [4.78, 5) is 36.9. The predicted molar refractivity (Wildman–Crippen MR) is 109 cm³/mol. The molecule has 2 amide bonds. The van der Waals surface area contributed by atoms with Crippen molar-refractivity contribution in [1.82, 2.24) is 0 Å². The molecule has 0 spiro atoms. The van der Waals surface area contributed by atoms with Gasteiger partial charge in [-0.15, -0.1) is 22.9 Å². The average molecular weight is 450 g/mol. The third-order valence-electron chi connectivity index (χ3n) is 3.38. The maximum Gasteiger partial charge on any atom is 0.341 e. The second-order valence-corrected chi connectivity index (χ2v) is 7.37. The summed E-state index contributed by atoms with van der Waals surface area (Å²) in [7, 11) is 0. The molecule has 0 aliphatic carbocycles. The van der Waals surface area contributed by atoms with E-state index >= 15 is 0 Å². The maximum absolute atomic E-state index is 12.7. The summed E-state index contributed by atoms with van der Waals surface area (Å²) in [5.74, 6) is -1.94. The van der Waals surface area contributed by atoms with Crippen LogP contribution in [-0.4, -0.2) is 30.3 Å². The number of amides is 2. The minimum Gasteiger partial charge on any atom is -0.462 e. The smallest absolute Gasteiger partial charge is 0.341 e. The van der Waals surface area contributed by atoms with E-state index in [-0.39, 0.29) is 27.9 Å². The highest BCUT2D eigenvalue weighted by Gasteiger charge is 2.26. The monoisotopic (exact) mass is 448 g/mol. The first-order valence-corrected chi connectivity index (χ1v) is 9.81. The Morgan fingerprint density at radius 3 is 2.52 bits per heavy atom. The fourth-order valence-corrected chi connectivity index (χ4v) is 3.71. The second kappa shape index (κ2) is 9.41. The van der Waals surface area contributed by atoms with Gasteiger partial charge in [0.25, 0.3) is 5.91 Å². The van der Waals surface area contributed by atoms with E-state index in [9.17, 15) is 14.4 Å². The number of halogens is 3. The molecule has 6 nitrogen and oxygen atoms in total. The molecule has 1 aromatic heterocycles. The molecule has 0 unspecified atom stereocenters. The molecule has 144 valence electrons. The molecule has 27 heavy (non-hydrogen) atoms. The average Bonchev–Trinajstić information content (AvgIpc) is 2.94. The van der Waals surface area contributed by atoms with Gasteiger partial charge in [-0.25, -0.2) is 4.79 Å². The van der Waals surface area contributed by atoms with Crippen LogP contribution in [-0.2, 0) is 9.53 Å². The molecule has 0 aliphatic rings. The summed E-state index contributed by atoms with van der Waals surface area (Å²) in [6.07, 6.45) is 0. The lowest BCUT2D eigenvalue weighted by Gasteiger charge is -2.07. The minimum atomic E-state index is -0.643. The van der Waals surface area contributed by atoms with Crippen LogP contribution in [0.2, 0.25) is 10.0 Å². The van der Waals surface area contributed by atoms with Gasteiger partial charge in [-0.1, -0.05) is 23.2 Å². The van der Waals surface area contributed by atoms with Crippen molar-refractivity contribution in [2.75, 3.05) is 23.1 Å². The molecule has 2 aromatic rings. The van der Waals surface area contributed by atoms with Crippen LogP contribution in [0, 0.1) is 6.92 Å². The first-order valence-electron chi connectivity index (χ1n) is 7.71. The Morgan fingerprint density at radius 1 is 1.19 bits per heavy atom. The van der Waals surface area contributed by atoms with E-state index in [0.29, 0.717) is 21.3 Å². The molecule has 0 saturated heterocycles. The Kier molecular flexibility index (Phi) is 7.49. The number of benzene rings is 1. The van der Waals surface area contributed by atoms with E-state index in [1.54, 1.807) is 26.0 Å². The molecule has 0 fully saturated rings. The minimum absolute atomic E-state index is 0.114. The van der Waals surface area contributed by atoms with Gasteiger partial charge in [0.1, 0.15) is 10.9 Å². The number of esters is 1. The molecule has 10 heteroatoms. The zero-order chi connectivity index (χ0) is 20.1. The van der Waals surface area contributed by atoms with E-state index in [1.165, 1.54) is 6.07 Å². The van der Waals surface area contributed by atoms with Gasteiger partial charge in [0.05, 0.1) is 27.8 Å². The third kappa shape index (κ3) is 5.13. The summed E-state index contributed by atoms with van der Waals surface area (Å²) in [5, 5.41) is 6.08. The molecule has 0 atom stereocenters. The van der Waals surface area contributed by atoms with Crippen molar-refractivity contribution in [2.24, 2.45) is 0 Å². The van der Waals surface area contributed by atoms with Crippen LogP contribution in [0.15, 0.2) is 18.2 Å². The van der Waals surface area contributed by atoms with Crippen LogP contribution in [0.25, 0.3) is 0 Å². The fraction of sp³-hybridized carbons (Fsp3) is 0.235. The molecule has 2 N–H and O–H groups in total. The molecule has 1 heterocycles. The number of nitrogens with one attached hydrogen (secondary N) is 2. The van der Waals surface area contributed by atoms with Gasteiger partial charge in [0, 0.05) is 5.02 Å². The number of carbonyl (C=O) groups is 3. The van der Waals surface area contributed by atoms with E-state index < -0.39 is 17.8 Å². The van der Waals surface area contributed by atoms with Crippen LogP contribution in [0.4, 0.5) is 10.7 Å². The highest BCUT2D eigenvalue weighted by Crippen LogP contribution is 2.35. The number of thiophene rings is 1. The summed E-state index contributed by atoms with van der Waals surface area (Å²) >= 11 is 18.5. The number of hydrogen-bond acceptors (Lipinski definition) is 5. The van der Waals surface area contributed by atoms with Gasteiger partial charge in [-0.3, -0.25) is 9.59 Å². The third-order valence-corrected chi connectivity index (χ3v) is 5.40. The van der Waals surface area contributed by atoms with Crippen LogP contribution < -0.4 is 10.6 Å². The van der Waals surface area contributed by atoms with Gasteiger partial charge >= 0.3 is 5.97 Å². The van der Waals surface area contributed by atoms with Crippen molar-refractivity contribution in [3.8, 4) is 0 Å². The van der Waals surface area contributed by atoms with Gasteiger partial charge in [-0.05, 0) is 37.6 Å². The lowest BCUT2D eigenvalue weighted by molar-refractivity contribution is -0.113. The number of carbonyl (C=O) groups excluding carboxylic acids is 3. The standard InChI is InChI=1S/C17H15Cl3N2O4S/c1-3-26-17(25)13-8(2)14(27-16(13)22-12(23)7-18)15(24)21-11-6-9(19)4-5-10(11)20/h4-6H,3,7H2,1-2H3,(H,21,24)(H,22,23). The molecule has 0 bridgehead atoms. The normalized spacial score (nSPS) is 10.4. The van der Waals surface area contributed by atoms with Gasteiger partial charge in [0.15, 0.2) is 0 Å². The van der Waals surface area contributed by atoms with Gasteiger partial charge < -0.3 is 15.4 Å². The van der Waals surface area contributed by atoms with Crippen molar-refractivity contribution in [1.29, 1.82) is 0 Å². The highest BCUT2D eigenvalue weighted by molar-refractivity contribution is 7.19. The molecule has 0 aliphatic heterocycles. The van der Waals surface area contributed by atoms with E-state index in [2.05, 4.69) is 10.6 Å². The zero-order valence-corrected chi connectivity index (χ0v) is 17.4. The van der Waals surface area contributed by atoms with Crippen LogP contribution in [0.1, 0.15) is 32.5 Å². The van der Waals surface area contributed by atoms with Crippen molar-refractivity contribution < 1.29 is 19.1 Å². The second-order valence-electron chi connectivity index (χ2n) is 5.24. The highest BCUT2D eigenvalue weighted by atomic mass is 35.5. The van der Waals surface area contributed by atoms with Crippen molar-refractivity contribution in [3.63, 3.8) is 0 Å². The van der Waals surface area contributed by atoms with E-state index in [0.717, 1.165) is 11.3 Å². The lowest BCUT2D eigenvalue weighted by Crippen LogP contribution is -2.15. The van der Waals surface area contributed by atoms with E-state index in [4.69, 9.17) is 39.5 Å². The van der Waals surface area contributed by atoms with Gasteiger partial charge in [0.2, 0.25) is 5.91 Å². The Morgan fingerprint density at radius 2 is 1.89 bits per heavy atom. The number of alkyl halides is 1. The van der Waals surface area contributed by atoms with Crippen LogP contribution >= 0.6 is 46.1 Å². The van der Waals surface area contributed by atoms with Crippen molar-refractivity contribution in [3.05, 3.63) is 44.2 Å². The summed E-state index contributed by atoms with van der Waals surface area (Å²) in [6, 6.07) is 4.65. The van der Waals surface area contributed by atoms with Crippen molar-refractivity contribution in [2.45, 2.75) is 13.8 Å². The Bertz CT molecular complexity index is 899. The number of ether oxygens (including phenoxy) is 1. The molecule has 0 saturated carbocycles. The summed E-state index contributed by atoms with van der Waals surface area (Å²) in [5.41, 5.74) is 0.813. The molecule has 0 radical (unpaired) electrons. The Labute approximate surface area is 174 Å². The van der Waals surface area contributed by atoms with Gasteiger partial charge in [-0.2, -0.15) is 0 Å². The lowest BCUT2D eigenvalue weighted by atomic mass is 10.1. The predicted octanol–water partition coefficient (Wildman–Crippen LogP) is 4.97. The number of rotatable bonds is 6. The Hall–Kier alpha value is -1.80. The SMILES string of the molecule is CCOC(=O)c1c(NC(=O)CCl)sc(C(=O)Nc2cc(Cl)ccc2Cl)c1C. The fourth-order valence-electron chi connectivity index (χ4n) is 2.20. The molecular weight excluding hydrogens is 435 g/mol. The largest absolute Gasteiger partial charge is 0.462 e. The first-order chi connectivity index (χ1) is 12.8. The summed E-state index contributed by atoms with van der Waals surface area (Å²) in [6.45, 7) is 3.40. The van der Waals surface area contributed by atoms with Crippen molar-refractivity contribution >= 4 is 74.6 Å². The molecule has 1 aromatic carbocycles. The number of hydrogen-bond donors (Lipinski definition) is 2. The number of anilines is 2. The zero-order valence-electron chi connectivity index (χ0n) is 14.3. The first kappa shape index (κ1) is 21.5. The van der Waals surface area contributed by atoms with Crippen LogP contribution in [0.3, 0.4) is 0 Å². The maximum atomic E-state index is 12.7. The topological polar surface area (TPSA) is 84.5 Å². The quantitative estimate of drug-likeness (QED) is 0.482. The Balaban J connectivity index is 2.42. The molecular formula is C17H15Cl3N2O4S. The van der Waals surface area contributed by atoms with Crippen LogP contribution in [0.5, 0.6) is 0 Å². The summed E-state index contributed by atoms with van der Waals surface area (Å²) < 4.78 is 5.02.